The summed E-state index contributed by atoms with van der Waals surface area (Å²) in [4.78, 5) is 36.8. The second-order valence-electron chi connectivity index (χ2n) is 8.72. The Hall–Kier alpha value is -3.39. The first-order chi connectivity index (χ1) is 16.8. The maximum absolute atomic E-state index is 13.1. The van der Waals surface area contributed by atoms with Crippen molar-refractivity contribution in [3.63, 3.8) is 0 Å². The molecule has 0 radical (unpaired) electrons. The van der Waals surface area contributed by atoms with Gasteiger partial charge in [0.2, 0.25) is 5.91 Å². The van der Waals surface area contributed by atoms with Crippen molar-refractivity contribution in [1.29, 1.82) is 0 Å². The van der Waals surface area contributed by atoms with Crippen LogP contribution in [0.25, 0.3) is 11.1 Å². The van der Waals surface area contributed by atoms with Gasteiger partial charge in [0.1, 0.15) is 6.61 Å². The van der Waals surface area contributed by atoms with Crippen LogP contribution in [0.2, 0.25) is 0 Å². The molecule has 188 valence electrons. The molecule has 3 rings (SSSR count). The molecule has 0 saturated heterocycles. The number of benzene rings is 2. The highest BCUT2D eigenvalue weighted by atomic mass is 16.5. The van der Waals surface area contributed by atoms with E-state index in [4.69, 9.17) is 9.47 Å². The summed E-state index contributed by atoms with van der Waals surface area (Å²) in [6.07, 6.45) is 0.585. The SMILES string of the molecule is CCNC(=O)CCc1ccc2c(c1)C(COC(=O)NC)c1cccc(C(=O)NCCOC(C)C)c1-2. The van der Waals surface area contributed by atoms with Crippen molar-refractivity contribution in [3.8, 4) is 11.1 Å². The molecular formula is C27H35N3O5. The zero-order valence-corrected chi connectivity index (χ0v) is 20.9. The van der Waals surface area contributed by atoms with E-state index in [1.807, 2.05) is 51.1 Å². The van der Waals surface area contributed by atoms with Gasteiger partial charge in [0, 0.05) is 38.0 Å². The number of carbonyl (C=O) groups is 3. The summed E-state index contributed by atoms with van der Waals surface area (Å²) in [6.45, 7) is 7.40. The number of nitrogens with one attached hydrogen (secondary N) is 3. The van der Waals surface area contributed by atoms with Crippen LogP contribution in [-0.4, -0.2) is 57.4 Å². The average Bonchev–Trinajstić information content (AvgIpc) is 3.16. The third-order valence-electron chi connectivity index (χ3n) is 5.92. The Morgan fingerprint density at radius 2 is 1.86 bits per heavy atom. The molecule has 0 spiro atoms. The standard InChI is InChI=1S/C27H35N3O5/c1-5-29-24(31)12-10-18-9-11-20-22(15-18)23(16-35-27(33)28-4)19-7-6-8-21(25(19)20)26(32)30-13-14-34-17(2)3/h6-9,11,15,17,23H,5,10,12-14,16H2,1-4H3,(H,28,33)(H,29,31)(H,30,32). The Morgan fingerprint density at radius 3 is 2.57 bits per heavy atom. The summed E-state index contributed by atoms with van der Waals surface area (Å²) in [5, 5.41) is 8.24. The number of alkyl carbamates (subject to hydrolysis) is 1. The van der Waals surface area contributed by atoms with Gasteiger partial charge >= 0.3 is 6.09 Å². The first kappa shape index (κ1) is 26.2. The molecule has 8 nitrogen and oxygen atoms in total. The highest BCUT2D eigenvalue weighted by Gasteiger charge is 2.33. The molecule has 1 unspecified atom stereocenters. The highest BCUT2D eigenvalue weighted by Crippen LogP contribution is 2.47. The van der Waals surface area contributed by atoms with Crippen molar-refractivity contribution in [2.45, 2.75) is 45.6 Å². The van der Waals surface area contributed by atoms with E-state index in [-0.39, 0.29) is 30.4 Å². The predicted octanol–water partition coefficient (Wildman–Crippen LogP) is 3.38. The topological polar surface area (TPSA) is 106 Å². The van der Waals surface area contributed by atoms with Crippen LogP contribution in [0.3, 0.4) is 0 Å². The predicted molar refractivity (Wildman–Crippen MR) is 135 cm³/mol. The molecular weight excluding hydrogens is 446 g/mol. The number of hydrogen-bond acceptors (Lipinski definition) is 5. The van der Waals surface area contributed by atoms with Gasteiger partial charge < -0.3 is 25.4 Å². The van der Waals surface area contributed by atoms with E-state index in [9.17, 15) is 14.4 Å². The molecule has 0 aliphatic heterocycles. The summed E-state index contributed by atoms with van der Waals surface area (Å²) in [7, 11) is 1.52. The molecule has 1 aliphatic rings. The summed E-state index contributed by atoms with van der Waals surface area (Å²) in [6, 6.07) is 11.7. The Balaban J connectivity index is 1.90. The van der Waals surface area contributed by atoms with Gasteiger partial charge in [0.05, 0.1) is 12.7 Å². The van der Waals surface area contributed by atoms with Crippen molar-refractivity contribution < 1.29 is 23.9 Å². The van der Waals surface area contributed by atoms with Gasteiger partial charge in [-0.3, -0.25) is 9.59 Å². The van der Waals surface area contributed by atoms with Crippen LogP contribution in [0.1, 0.15) is 60.2 Å². The molecule has 0 aromatic heterocycles. The van der Waals surface area contributed by atoms with Crippen LogP contribution in [0.15, 0.2) is 36.4 Å². The molecule has 3 amide bonds. The van der Waals surface area contributed by atoms with Crippen LogP contribution in [0.4, 0.5) is 4.79 Å². The molecule has 3 N–H and O–H groups in total. The lowest BCUT2D eigenvalue weighted by Crippen LogP contribution is -2.28. The summed E-state index contributed by atoms with van der Waals surface area (Å²) in [5.74, 6) is -0.372. The monoisotopic (exact) mass is 481 g/mol. The maximum Gasteiger partial charge on any atom is 0.406 e. The van der Waals surface area contributed by atoms with Crippen molar-refractivity contribution in [2.24, 2.45) is 0 Å². The van der Waals surface area contributed by atoms with Crippen molar-refractivity contribution in [2.75, 3.05) is 33.4 Å². The van der Waals surface area contributed by atoms with E-state index in [0.29, 0.717) is 38.1 Å². The number of fused-ring (bicyclic) bond motifs is 3. The highest BCUT2D eigenvalue weighted by molar-refractivity contribution is 6.03. The molecule has 2 aromatic carbocycles. The number of carbonyl (C=O) groups excluding carboxylic acids is 3. The fourth-order valence-electron chi connectivity index (χ4n) is 4.31. The van der Waals surface area contributed by atoms with Crippen molar-refractivity contribution in [3.05, 3.63) is 58.7 Å². The molecule has 1 aliphatic carbocycles. The summed E-state index contributed by atoms with van der Waals surface area (Å²) in [5.41, 5.74) is 5.31. The summed E-state index contributed by atoms with van der Waals surface area (Å²) < 4.78 is 11.0. The smallest absolute Gasteiger partial charge is 0.406 e. The van der Waals surface area contributed by atoms with Gasteiger partial charge in [-0.2, -0.15) is 0 Å². The fourth-order valence-corrected chi connectivity index (χ4v) is 4.31. The largest absolute Gasteiger partial charge is 0.449 e. The molecule has 0 saturated carbocycles. The number of aryl methyl sites for hydroxylation is 1. The van der Waals surface area contributed by atoms with Gasteiger partial charge in [-0.15, -0.1) is 0 Å². The zero-order valence-electron chi connectivity index (χ0n) is 20.9. The molecule has 8 heteroatoms. The van der Waals surface area contributed by atoms with Gasteiger partial charge in [0.25, 0.3) is 5.91 Å². The lowest BCUT2D eigenvalue weighted by atomic mass is 9.95. The van der Waals surface area contributed by atoms with Crippen LogP contribution in [-0.2, 0) is 20.7 Å². The quantitative estimate of drug-likeness (QED) is 0.427. The van der Waals surface area contributed by atoms with Gasteiger partial charge in [0.15, 0.2) is 0 Å². The van der Waals surface area contributed by atoms with Crippen molar-refractivity contribution >= 4 is 17.9 Å². The molecule has 0 fully saturated rings. The molecule has 0 bridgehead atoms. The molecule has 2 aromatic rings. The Kier molecular flexibility index (Phi) is 9.25. The van der Waals surface area contributed by atoms with E-state index in [1.165, 1.54) is 7.05 Å². The van der Waals surface area contributed by atoms with E-state index in [1.54, 1.807) is 0 Å². The Labute approximate surface area is 206 Å². The third kappa shape index (κ3) is 6.60. The average molecular weight is 482 g/mol. The number of ether oxygens (including phenoxy) is 2. The van der Waals surface area contributed by atoms with Crippen LogP contribution >= 0.6 is 0 Å². The maximum atomic E-state index is 13.1. The number of amides is 3. The third-order valence-corrected chi connectivity index (χ3v) is 5.92. The van der Waals surface area contributed by atoms with Crippen LogP contribution in [0, 0.1) is 0 Å². The van der Waals surface area contributed by atoms with Gasteiger partial charge in [-0.05, 0) is 61.1 Å². The molecule has 35 heavy (non-hydrogen) atoms. The second-order valence-corrected chi connectivity index (χ2v) is 8.72. The molecule has 1 atom stereocenters. The minimum Gasteiger partial charge on any atom is -0.449 e. The van der Waals surface area contributed by atoms with E-state index >= 15 is 0 Å². The lowest BCUT2D eigenvalue weighted by molar-refractivity contribution is -0.120. The Morgan fingerprint density at radius 1 is 1.06 bits per heavy atom. The second kappa shape index (κ2) is 12.4. The van der Waals surface area contributed by atoms with Crippen molar-refractivity contribution in [1.82, 2.24) is 16.0 Å². The lowest BCUT2D eigenvalue weighted by Gasteiger charge is -2.15. The van der Waals surface area contributed by atoms with Crippen LogP contribution < -0.4 is 16.0 Å². The van der Waals surface area contributed by atoms with E-state index < -0.39 is 6.09 Å². The Bertz CT molecular complexity index is 1070. The van der Waals surface area contributed by atoms with Gasteiger partial charge in [-0.25, -0.2) is 4.79 Å². The normalized spacial score (nSPS) is 13.7. The van der Waals surface area contributed by atoms with Crippen LogP contribution in [0.5, 0.6) is 0 Å². The summed E-state index contributed by atoms with van der Waals surface area (Å²) >= 11 is 0. The number of rotatable bonds is 11. The first-order valence-electron chi connectivity index (χ1n) is 12.1. The zero-order chi connectivity index (χ0) is 25.4. The molecule has 0 heterocycles. The number of hydrogen-bond donors (Lipinski definition) is 3. The fraction of sp³-hybridized carbons (Fsp3) is 0.444. The minimum atomic E-state index is -0.508. The van der Waals surface area contributed by atoms with E-state index in [2.05, 4.69) is 22.0 Å². The van der Waals surface area contributed by atoms with Gasteiger partial charge in [-0.1, -0.05) is 30.3 Å². The van der Waals surface area contributed by atoms with E-state index in [0.717, 1.165) is 27.8 Å². The minimum absolute atomic E-state index is 0.0104. The first-order valence-corrected chi connectivity index (χ1v) is 12.1.